The SMILES string of the molecule is NCC1CCC(C(=O)NC2CCCS(=O)(=O)C2)CC1. The van der Waals surface area contributed by atoms with Gasteiger partial charge in [0.25, 0.3) is 0 Å². The van der Waals surface area contributed by atoms with Gasteiger partial charge >= 0.3 is 0 Å². The van der Waals surface area contributed by atoms with Gasteiger partial charge in [0.1, 0.15) is 0 Å². The molecule has 0 bridgehead atoms. The van der Waals surface area contributed by atoms with E-state index in [0.717, 1.165) is 32.1 Å². The highest BCUT2D eigenvalue weighted by atomic mass is 32.2. The van der Waals surface area contributed by atoms with Crippen LogP contribution in [0.5, 0.6) is 0 Å². The molecule has 3 N–H and O–H groups in total. The Morgan fingerprint density at radius 1 is 1.16 bits per heavy atom. The largest absolute Gasteiger partial charge is 0.352 e. The predicted molar refractivity (Wildman–Crippen MR) is 74.3 cm³/mol. The summed E-state index contributed by atoms with van der Waals surface area (Å²) >= 11 is 0. The van der Waals surface area contributed by atoms with Gasteiger partial charge in [-0.15, -0.1) is 0 Å². The van der Waals surface area contributed by atoms with Crippen LogP contribution in [0, 0.1) is 11.8 Å². The van der Waals surface area contributed by atoms with E-state index in [0.29, 0.717) is 18.9 Å². The average Bonchev–Trinajstić information content (AvgIpc) is 2.37. The van der Waals surface area contributed by atoms with Gasteiger partial charge in [-0.2, -0.15) is 0 Å². The second kappa shape index (κ2) is 6.22. The van der Waals surface area contributed by atoms with Gasteiger partial charge in [0.15, 0.2) is 9.84 Å². The lowest BCUT2D eigenvalue weighted by molar-refractivity contribution is -0.126. The molecule has 1 saturated heterocycles. The molecule has 0 aromatic heterocycles. The molecule has 110 valence electrons. The standard InChI is InChI=1S/C13H24N2O3S/c14-8-10-3-5-11(6-4-10)13(16)15-12-2-1-7-19(17,18)9-12/h10-12H,1-9,14H2,(H,15,16). The number of carbonyl (C=O) groups excluding carboxylic acids is 1. The number of amides is 1. The van der Waals surface area contributed by atoms with Crippen molar-refractivity contribution in [3.63, 3.8) is 0 Å². The van der Waals surface area contributed by atoms with E-state index in [1.807, 2.05) is 0 Å². The number of carbonyl (C=O) groups is 1. The minimum absolute atomic E-state index is 0.0394. The van der Waals surface area contributed by atoms with Crippen LogP contribution in [-0.2, 0) is 14.6 Å². The third-order valence-electron chi connectivity index (χ3n) is 4.36. The molecule has 1 saturated carbocycles. The van der Waals surface area contributed by atoms with E-state index in [4.69, 9.17) is 5.73 Å². The quantitative estimate of drug-likeness (QED) is 0.789. The van der Waals surface area contributed by atoms with Crippen molar-refractivity contribution >= 4 is 15.7 Å². The summed E-state index contributed by atoms with van der Waals surface area (Å²) in [4.78, 5) is 12.1. The van der Waals surface area contributed by atoms with Gasteiger partial charge in [0.05, 0.1) is 11.5 Å². The molecule has 1 amide bonds. The van der Waals surface area contributed by atoms with Crippen LogP contribution in [0.4, 0.5) is 0 Å². The summed E-state index contributed by atoms with van der Waals surface area (Å²) in [5, 5.41) is 2.93. The summed E-state index contributed by atoms with van der Waals surface area (Å²) in [6.45, 7) is 0.704. The van der Waals surface area contributed by atoms with Gasteiger partial charge in [-0.1, -0.05) is 0 Å². The maximum absolute atomic E-state index is 12.1. The van der Waals surface area contributed by atoms with Crippen molar-refractivity contribution in [3.8, 4) is 0 Å². The molecule has 2 aliphatic rings. The topological polar surface area (TPSA) is 89.3 Å². The van der Waals surface area contributed by atoms with E-state index >= 15 is 0 Å². The van der Waals surface area contributed by atoms with E-state index in [9.17, 15) is 13.2 Å². The number of nitrogens with one attached hydrogen (secondary N) is 1. The Balaban J connectivity index is 1.81. The van der Waals surface area contributed by atoms with Crippen LogP contribution in [0.2, 0.25) is 0 Å². The van der Waals surface area contributed by atoms with Crippen LogP contribution in [0.25, 0.3) is 0 Å². The highest BCUT2D eigenvalue weighted by Gasteiger charge is 2.30. The predicted octanol–water partition coefficient (Wildman–Crippen LogP) is 0.445. The van der Waals surface area contributed by atoms with Crippen molar-refractivity contribution < 1.29 is 13.2 Å². The Hall–Kier alpha value is -0.620. The molecule has 0 radical (unpaired) electrons. The van der Waals surface area contributed by atoms with Crippen LogP contribution in [0.1, 0.15) is 38.5 Å². The fraction of sp³-hybridized carbons (Fsp3) is 0.923. The minimum atomic E-state index is -2.95. The third-order valence-corrected chi connectivity index (χ3v) is 6.18. The zero-order chi connectivity index (χ0) is 13.9. The number of rotatable bonds is 3. The maximum atomic E-state index is 12.1. The van der Waals surface area contributed by atoms with Crippen LogP contribution >= 0.6 is 0 Å². The molecule has 1 aliphatic carbocycles. The molecule has 1 atom stereocenters. The molecule has 0 spiro atoms. The fourth-order valence-electron chi connectivity index (χ4n) is 3.12. The van der Waals surface area contributed by atoms with Gasteiger partial charge in [-0.05, 0) is 51.0 Å². The lowest BCUT2D eigenvalue weighted by Crippen LogP contribution is -2.46. The molecule has 19 heavy (non-hydrogen) atoms. The summed E-state index contributed by atoms with van der Waals surface area (Å²) in [5.74, 6) is 1.02. The summed E-state index contributed by atoms with van der Waals surface area (Å²) in [6.07, 6.45) is 5.23. The zero-order valence-electron chi connectivity index (χ0n) is 11.3. The van der Waals surface area contributed by atoms with Crippen molar-refractivity contribution in [1.29, 1.82) is 0 Å². The zero-order valence-corrected chi connectivity index (χ0v) is 12.1. The van der Waals surface area contributed by atoms with Gasteiger partial charge in [-0.3, -0.25) is 4.79 Å². The fourth-order valence-corrected chi connectivity index (χ4v) is 4.75. The molecule has 1 aliphatic heterocycles. The first-order valence-corrected chi connectivity index (χ1v) is 9.03. The summed E-state index contributed by atoms with van der Waals surface area (Å²) in [5.41, 5.74) is 5.64. The molecule has 1 heterocycles. The first-order chi connectivity index (χ1) is 9.00. The molecule has 0 aromatic rings. The van der Waals surface area contributed by atoms with Crippen LogP contribution in [0.3, 0.4) is 0 Å². The molecular weight excluding hydrogens is 264 g/mol. The van der Waals surface area contributed by atoms with Crippen molar-refractivity contribution in [2.24, 2.45) is 17.6 Å². The first-order valence-electron chi connectivity index (χ1n) is 7.21. The highest BCUT2D eigenvalue weighted by Crippen LogP contribution is 2.28. The van der Waals surface area contributed by atoms with Crippen LogP contribution in [0.15, 0.2) is 0 Å². The first kappa shape index (κ1) is 14.8. The van der Waals surface area contributed by atoms with Gasteiger partial charge in [0, 0.05) is 12.0 Å². The Morgan fingerprint density at radius 2 is 1.84 bits per heavy atom. The summed E-state index contributed by atoms with van der Waals surface area (Å²) < 4.78 is 23.1. The van der Waals surface area contributed by atoms with Crippen LogP contribution in [-0.4, -0.2) is 38.4 Å². The summed E-state index contributed by atoms with van der Waals surface area (Å²) in [7, 11) is -2.95. The highest BCUT2D eigenvalue weighted by molar-refractivity contribution is 7.91. The molecule has 5 nitrogen and oxygen atoms in total. The van der Waals surface area contributed by atoms with E-state index in [2.05, 4.69) is 5.32 Å². The van der Waals surface area contributed by atoms with Gasteiger partial charge in [0.2, 0.25) is 5.91 Å². The average molecular weight is 288 g/mol. The van der Waals surface area contributed by atoms with Crippen molar-refractivity contribution in [1.82, 2.24) is 5.32 Å². The number of nitrogens with two attached hydrogens (primary N) is 1. The molecule has 0 aromatic carbocycles. The number of sulfone groups is 1. The molecule has 2 rings (SSSR count). The normalized spacial score (nSPS) is 34.7. The van der Waals surface area contributed by atoms with Crippen molar-refractivity contribution in [2.75, 3.05) is 18.1 Å². The Morgan fingerprint density at radius 3 is 2.42 bits per heavy atom. The van der Waals surface area contributed by atoms with E-state index in [1.165, 1.54) is 0 Å². The van der Waals surface area contributed by atoms with Gasteiger partial charge in [-0.25, -0.2) is 8.42 Å². The third kappa shape index (κ3) is 4.18. The van der Waals surface area contributed by atoms with E-state index in [1.54, 1.807) is 0 Å². The molecule has 6 heteroatoms. The minimum Gasteiger partial charge on any atom is -0.352 e. The van der Waals surface area contributed by atoms with E-state index < -0.39 is 9.84 Å². The van der Waals surface area contributed by atoms with Crippen molar-refractivity contribution in [3.05, 3.63) is 0 Å². The van der Waals surface area contributed by atoms with E-state index in [-0.39, 0.29) is 29.4 Å². The Bertz CT molecular complexity index is 414. The number of hydrogen-bond donors (Lipinski definition) is 2. The van der Waals surface area contributed by atoms with Gasteiger partial charge < -0.3 is 11.1 Å². The van der Waals surface area contributed by atoms with Crippen LogP contribution < -0.4 is 11.1 Å². The maximum Gasteiger partial charge on any atom is 0.223 e. The molecular formula is C13H24N2O3S. The lowest BCUT2D eigenvalue weighted by atomic mass is 9.81. The summed E-state index contributed by atoms with van der Waals surface area (Å²) in [6, 6.07) is -0.182. The molecule has 1 unspecified atom stereocenters. The molecule has 2 fully saturated rings. The smallest absolute Gasteiger partial charge is 0.223 e. The van der Waals surface area contributed by atoms with Crippen molar-refractivity contribution in [2.45, 2.75) is 44.6 Å². The monoisotopic (exact) mass is 288 g/mol. The second-order valence-corrected chi connectivity index (χ2v) is 8.14. The Kier molecular flexibility index (Phi) is 4.84. The second-order valence-electron chi connectivity index (χ2n) is 5.92. The number of hydrogen-bond acceptors (Lipinski definition) is 4. The Labute approximate surface area is 115 Å². The lowest BCUT2D eigenvalue weighted by Gasteiger charge is -2.29.